The Morgan fingerprint density at radius 2 is 1.92 bits per heavy atom. The van der Waals surface area contributed by atoms with Crippen molar-refractivity contribution in [3.05, 3.63) is 57.6 Å². The molecule has 0 unspecified atom stereocenters. The smallest absolute Gasteiger partial charge is 0.340 e. The fourth-order valence-electron chi connectivity index (χ4n) is 2.20. The number of anilines is 1. The van der Waals surface area contributed by atoms with E-state index in [1.54, 1.807) is 6.07 Å². The minimum atomic E-state index is -0.921. The fraction of sp³-hybridized carbons (Fsp3) is 0.125. The number of nitro groups is 1. The van der Waals surface area contributed by atoms with Crippen molar-refractivity contribution in [2.75, 3.05) is 19.1 Å². The zero-order valence-corrected chi connectivity index (χ0v) is 12.8. The molecule has 0 aliphatic carbocycles. The van der Waals surface area contributed by atoms with Crippen LogP contribution in [0, 0.1) is 10.1 Å². The number of carbonyl (C=O) groups excluding carboxylic acids is 2. The Labute approximate surface area is 141 Å². The summed E-state index contributed by atoms with van der Waals surface area (Å²) in [6, 6.07) is 7.99. The van der Waals surface area contributed by atoms with Gasteiger partial charge in [-0.3, -0.25) is 14.9 Å². The van der Waals surface area contributed by atoms with E-state index in [-0.39, 0.29) is 29.3 Å². The lowest BCUT2D eigenvalue weighted by atomic mass is 10.1. The van der Waals surface area contributed by atoms with Crippen molar-refractivity contribution >= 4 is 23.1 Å². The van der Waals surface area contributed by atoms with Crippen LogP contribution in [0.5, 0.6) is 11.5 Å². The second-order valence-corrected chi connectivity index (χ2v) is 5.10. The summed E-state index contributed by atoms with van der Waals surface area (Å²) in [6.07, 6.45) is 0. The van der Waals surface area contributed by atoms with Crippen LogP contribution in [0.15, 0.2) is 36.4 Å². The molecule has 0 radical (unpaired) electrons. The summed E-state index contributed by atoms with van der Waals surface area (Å²) in [6.45, 7) is -0.464. The highest BCUT2D eigenvalue weighted by Crippen LogP contribution is 2.32. The molecule has 0 atom stereocenters. The number of ether oxygens (including phenoxy) is 3. The van der Waals surface area contributed by atoms with Crippen molar-refractivity contribution in [2.24, 2.45) is 0 Å². The van der Waals surface area contributed by atoms with Crippen LogP contribution in [0.4, 0.5) is 11.4 Å². The molecule has 0 fully saturated rings. The molecule has 1 heterocycles. The molecule has 1 aliphatic heterocycles. The van der Waals surface area contributed by atoms with Gasteiger partial charge in [-0.2, -0.15) is 0 Å². The molecule has 2 aromatic carbocycles. The SMILES string of the molecule is Nc1ccc([N+](=O)[O-])cc1C(=O)OCC(=O)c1ccc2c(c1)OCO2. The van der Waals surface area contributed by atoms with E-state index >= 15 is 0 Å². The summed E-state index contributed by atoms with van der Waals surface area (Å²) in [5, 5.41) is 10.8. The molecule has 2 aromatic rings. The topological polar surface area (TPSA) is 131 Å². The Morgan fingerprint density at radius 3 is 2.68 bits per heavy atom. The first-order chi connectivity index (χ1) is 12.0. The third kappa shape index (κ3) is 3.34. The molecule has 0 saturated heterocycles. The van der Waals surface area contributed by atoms with Crippen LogP contribution in [0.1, 0.15) is 20.7 Å². The van der Waals surface area contributed by atoms with E-state index in [4.69, 9.17) is 19.9 Å². The van der Waals surface area contributed by atoms with E-state index in [9.17, 15) is 19.7 Å². The Morgan fingerprint density at radius 1 is 1.16 bits per heavy atom. The summed E-state index contributed by atoms with van der Waals surface area (Å²) in [7, 11) is 0. The van der Waals surface area contributed by atoms with Gasteiger partial charge in [0.2, 0.25) is 6.79 Å². The molecule has 1 aliphatic rings. The maximum atomic E-state index is 12.1. The summed E-state index contributed by atoms with van der Waals surface area (Å²) >= 11 is 0. The van der Waals surface area contributed by atoms with E-state index < -0.39 is 23.3 Å². The second-order valence-electron chi connectivity index (χ2n) is 5.10. The highest BCUT2D eigenvalue weighted by atomic mass is 16.7. The van der Waals surface area contributed by atoms with Crippen LogP contribution in [0.25, 0.3) is 0 Å². The van der Waals surface area contributed by atoms with E-state index in [2.05, 4.69) is 0 Å². The summed E-state index contributed by atoms with van der Waals surface area (Å²) in [5.41, 5.74) is 5.46. The number of hydrogen-bond donors (Lipinski definition) is 1. The van der Waals surface area contributed by atoms with Gasteiger partial charge in [0.1, 0.15) is 0 Å². The van der Waals surface area contributed by atoms with Crippen LogP contribution in [-0.4, -0.2) is 30.1 Å². The van der Waals surface area contributed by atoms with Gasteiger partial charge in [-0.25, -0.2) is 4.79 Å². The number of nitrogens with zero attached hydrogens (tertiary/aromatic N) is 1. The summed E-state index contributed by atoms with van der Waals surface area (Å²) in [4.78, 5) is 34.3. The Hall–Kier alpha value is -3.62. The number of rotatable bonds is 5. The van der Waals surface area contributed by atoms with Crippen molar-refractivity contribution in [3.63, 3.8) is 0 Å². The van der Waals surface area contributed by atoms with Crippen LogP contribution in [-0.2, 0) is 4.74 Å². The molecule has 9 nitrogen and oxygen atoms in total. The maximum Gasteiger partial charge on any atom is 0.340 e. The van der Waals surface area contributed by atoms with Gasteiger partial charge in [-0.1, -0.05) is 0 Å². The molecule has 0 bridgehead atoms. The lowest BCUT2D eigenvalue weighted by molar-refractivity contribution is -0.384. The highest BCUT2D eigenvalue weighted by molar-refractivity contribution is 6.01. The fourth-order valence-corrected chi connectivity index (χ4v) is 2.20. The number of esters is 1. The molecule has 128 valence electrons. The van der Waals surface area contributed by atoms with Crippen molar-refractivity contribution in [1.29, 1.82) is 0 Å². The average Bonchev–Trinajstić information content (AvgIpc) is 3.07. The van der Waals surface area contributed by atoms with E-state index in [1.165, 1.54) is 24.3 Å². The van der Waals surface area contributed by atoms with Gasteiger partial charge in [0.25, 0.3) is 5.69 Å². The van der Waals surface area contributed by atoms with Crippen molar-refractivity contribution < 1.29 is 28.7 Å². The van der Waals surface area contributed by atoms with Gasteiger partial charge in [-0.15, -0.1) is 0 Å². The van der Waals surface area contributed by atoms with Crippen LogP contribution < -0.4 is 15.2 Å². The zero-order valence-electron chi connectivity index (χ0n) is 12.8. The van der Waals surface area contributed by atoms with Gasteiger partial charge in [0.05, 0.1) is 10.5 Å². The van der Waals surface area contributed by atoms with Gasteiger partial charge in [0.15, 0.2) is 23.9 Å². The molecule has 9 heteroatoms. The lowest BCUT2D eigenvalue weighted by Gasteiger charge is -2.07. The highest BCUT2D eigenvalue weighted by Gasteiger charge is 2.20. The molecule has 3 rings (SSSR count). The monoisotopic (exact) mass is 344 g/mol. The third-order valence-corrected chi connectivity index (χ3v) is 3.50. The first kappa shape index (κ1) is 16.2. The minimum absolute atomic E-state index is 0.0196. The number of nitrogen functional groups attached to an aromatic ring is 1. The number of hydrogen-bond acceptors (Lipinski definition) is 8. The number of ketones is 1. The predicted molar refractivity (Wildman–Crippen MR) is 84.7 cm³/mol. The molecule has 0 aromatic heterocycles. The minimum Gasteiger partial charge on any atom is -0.454 e. The molecule has 0 saturated carbocycles. The van der Waals surface area contributed by atoms with E-state index in [0.29, 0.717) is 11.5 Å². The predicted octanol–water partition coefficient (Wildman–Crippen LogP) is 1.95. The number of Topliss-reactive ketones (excluding diaryl/α,β-unsaturated/α-hetero) is 1. The van der Waals surface area contributed by atoms with Crippen molar-refractivity contribution in [1.82, 2.24) is 0 Å². The first-order valence-corrected chi connectivity index (χ1v) is 7.09. The molecular formula is C16H12N2O7. The number of benzene rings is 2. The molecule has 0 amide bonds. The van der Waals surface area contributed by atoms with E-state index in [1.807, 2.05) is 0 Å². The Kier molecular flexibility index (Phi) is 4.21. The molecule has 25 heavy (non-hydrogen) atoms. The van der Waals surface area contributed by atoms with Crippen molar-refractivity contribution in [3.8, 4) is 11.5 Å². The number of nitro benzene ring substituents is 1. The maximum absolute atomic E-state index is 12.1. The van der Waals surface area contributed by atoms with E-state index in [0.717, 1.165) is 6.07 Å². The Balaban J connectivity index is 1.69. The summed E-state index contributed by atoms with van der Waals surface area (Å²) in [5.74, 6) is -0.427. The standard InChI is InChI=1S/C16H12N2O7/c17-12-3-2-10(18(21)22)6-11(12)16(20)23-7-13(19)9-1-4-14-15(5-9)25-8-24-14/h1-6H,7-8,17H2. The Bertz CT molecular complexity index is 879. The van der Waals surface area contributed by atoms with Crippen molar-refractivity contribution in [2.45, 2.75) is 0 Å². The number of non-ortho nitro benzene ring substituents is 1. The van der Waals surface area contributed by atoms with Crippen LogP contribution in [0.3, 0.4) is 0 Å². The third-order valence-electron chi connectivity index (χ3n) is 3.50. The number of carbonyl (C=O) groups is 2. The van der Waals surface area contributed by atoms with Gasteiger partial charge in [-0.05, 0) is 24.3 Å². The first-order valence-electron chi connectivity index (χ1n) is 7.09. The number of nitrogens with two attached hydrogens (primary N) is 1. The van der Waals surface area contributed by atoms with Crippen LogP contribution >= 0.6 is 0 Å². The second kappa shape index (κ2) is 6.48. The number of fused-ring (bicyclic) bond motifs is 1. The molecule has 0 spiro atoms. The largest absolute Gasteiger partial charge is 0.454 e. The molecule has 2 N–H and O–H groups in total. The summed E-state index contributed by atoms with van der Waals surface area (Å²) < 4.78 is 15.2. The average molecular weight is 344 g/mol. The molecular weight excluding hydrogens is 332 g/mol. The normalized spacial score (nSPS) is 11.8. The van der Waals surface area contributed by atoms with Gasteiger partial charge >= 0.3 is 5.97 Å². The van der Waals surface area contributed by atoms with Gasteiger partial charge < -0.3 is 19.9 Å². The zero-order chi connectivity index (χ0) is 18.0. The lowest BCUT2D eigenvalue weighted by Crippen LogP contribution is -2.15. The van der Waals surface area contributed by atoms with Gasteiger partial charge in [0, 0.05) is 23.4 Å². The van der Waals surface area contributed by atoms with Crippen LogP contribution in [0.2, 0.25) is 0 Å². The quantitative estimate of drug-likeness (QED) is 0.286.